The first-order chi connectivity index (χ1) is 8.81. The van der Waals surface area contributed by atoms with Gasteiger partial charge < -0.3 is 10.5 Å². The zero-order valence-corrected chi connectivity index (χ0v) is 10.3. The SMILES string of the molecule is C[C@@H]1c2ccccc2Oc2cccnc2C1CN. The van der Waals surface area contributed by atoms with Crippen molar-refractivity contribution in [2.75, 3.05) is 6.54 Å². The van der Waals surface area contributed by atoms with E-state index in [0.29, 0.717) is 12.5 Å². The monoisotopic (exact) mass is 240 g/mol. The lowest BCUT2D eigenvalue weighted by atomic mass is 9.85. The van der Waals surface area contributed by atoms with Crippen molar-refractivity contribution in [3.05, 3.63) is 53.9 Å². The van der Waals surface area contributed by atoms with Gasteiger partial charge in [0.2, 0.25) is 0 Å². The maximum absolute atomic E-state index is 5.99. The zero-order valence-electron chi connectivity index (χ0n) is 10.3. The van der Waals surface area contributed by atoms with Crippen molar-refractivity contribution in [3.63, 3.8) is 0 Å². The highest BCUT2D eigenvalue weighted by Gasteiger charge is 2.29. The molecule has 0 spiro atoms. The van der Waals surface area contributed by atoms with E-state index in [-0.39, 0.29) is 5.92 Å². The van der Waals surface area contributed by atoms with Gasteiger partial charge in [-0.1, -0.05) is 25.1 Å². The first-order valence-electron chi connectivity index (χ1n) is 6.23. The van der Waals surface area contributed by atoms with Crippen LogP contribution in [0.1, 0.15) is 30.0 Å². The lowest BCUT2D eigenvalue weighted by molar-refractivity contribution is 0.474. The van der Waals surface area contributed by atoms with Gasteiger partial charge in [0.15, 0.2) is 0 Å². The molecule has 0 saturated carbocycles. The summed E-state index contributed by atoms with van der Waals surface area (Å²) in [5.41, 5.74) is 8.10. The molecule has 1 aliphatic heterocycles. The molecule has 0 saturated heterocycles. The van der Waals surface area contributed by atoms with Gasteiger partial charge in [0.05, 0.1) is 5.69 Å². The van der Waals surface area contributed by atoms with Crippen molar-refractivity contribution in [2.24, 2.45) is 5.73 Å². The predicted molar refractivity (Wildman–Crippen MR) is 71.0 cm³/mol. The van der Waals surface area contributed by atoms with Crippen LogP contribution >= 0.6 is 0 Å². The number of fused-ring (bicyclic) bond motifs is 2. The van der Waals surface area contributed by atoms with Gasteiger partial charge in [-0.3, -0.25) is 4.98 Å². The van der Waals surface area contributed by atoms with Crippen LogP contribution in [-0.4, -0.2) is 11.5 Å². The van der Waals surface area contributed by atoms with Crippen molar-refractivity contribution in [3.8, 4) is 11.5 Å². The summed E-state index contributed by atoms with van der Waals surface area (Å²) in [6.45, 7) is 2.76. The molecule has 2 atom stereocenters. The summed E-state index contributed by atoms with van der Waals surface area (Å²) < 4.78 is 5.99. The molecule has 3 nitrogen and oxygen atoms in total. The number of rotatable bonds is 1. The summed E-state index contributed by atoms with van der Waals surface area (Å²) in [7, 11) is 0. The highest BCUT2D eigenvalue weighted by Crippen LogP contribution is 2.44. The number of nitrogens with two attached hydrogens (primary N) is 1. The summed E-state index contributed by atoms with van der Waals surface area (Å²) in [5, 5.41) is 0. The van der Waals surface area contributed by atoms with E-state index < -0.39 is 0 Å². The predicted octanol–water partition coefficient (Wildman–Crippen LogP) is 3.03. The number of para-hydroxylation sites is 1. The van der Waals surface area contributed by atoms with Gasteiger partial charge in [0.1, 0.15) is 11.5 Å². The molecule has 0 amide bonds. The fourth-order valence-electron chi connectivity index (χ4n) is 2.60. The number of aromatic nitrogens is 1. The molecule has 0 radical (unpaired) electrons. The smallest absolute Gasteiger partial charge is 0.149 e. The molecule has 18 heavy (non-hydrogen) atoms. The second-order valence-corrected chi connectivity index (χ2v) is 4.66. The Labute approximate surface area is 107 Å². The molecule has 1 aromatic heterocycles. The quantitative estimate of drug-likeness (QED) is 0.833. The number of nitrogens with zero attached hydrogens (tertiary/aromatic N) is 1. The highest BCUT2D eigenvalue weighted by molar-refractivity contribution is 5.46. The van der Waals surface area contributed by atoms with Crippen molar-refractivity contribution in [1.82, 2.24) is 4.98 Å². The van der Waals surface area contributed by atoms with Gasteiger partial charge in [-0.25, -0.2) is 0 Å². The Morgan fingerprint density at radius 3 is 2.78 bits per heavy atom. The number of benzene rings is 1. The van der Waals surface area contributed by atoms with E-state index >= 15 is 0 Å². The largest absolute Gasteiger partial charge is 0.455 e. The molecule has 2 heterocycles. The van der Waals surface area contributed by atoms with Crippen LogP contribution in [0.2, 0.25) is 0 Å². The fraction of sp³-hybridized carbons (Fsp3) is 0.267. The van der Waals surface area contributed by atoms with Crippen LogP contribution in [0, 0.1) is 0 Å². The number of pyridine rings is 1. The Kier molecular flexibility index (Phi) is 2.76. The second-order valence-electron chi connectivity index (χ2n) is 4.66. The summed E-state index contributed by atoms with van der Waals surface area (Å²) in [5.74, 6) is 2.24. The topological polar surface area (TPSA) is 48.1 Å². The third-order valence-corrected chi connectivity index (χ3v) is 3.64. The third-order valence-electron chi connectivity index (χ3n) is 3.64. The van der Waals surface area contributed by atoms with Crippen molar-refractivity contribution in [1.29, 1.82) is 0 Å². The molecule has 1 aliphatic rings. The van der Waals surface area contributed by atoms with Crippen molar-refractivity contribution >= 4 is 0 Å². The molecule has 1 unspecified atom stereocenters. The molecular weight excluding hydrogens is 224 g/mol. The molecular formula is C15H16N2O. The van der Waals surface area contributed by atoms with Crippen molar-refractivity contribution < 1.29 is 4.74 Å². The Morgan fingerprint density at radius 1 is 1.17 bits per heavy atom. The minimum Gasteiger partial charge on any atom is -0.455 e. The maximum atomic E-state index is 5.99. The van der Waals surface area contributed by atoms with E-state index in [1.165, 1.54) is 5.56 Å². The molecule has 0 bridgehead atoms. The van der Waals surface area contributed by atoms with Crippen LogP contribution in [-0.2, 0) is 0 Å². The summed E-state index contributed by atoms with van der Waals surface area (Å²) in [6.07, 6.45) is 1.80. The fourth-order valence-corrected chi connectivity index (χ4v) is 2.60. The first-order valence-corrected chi connectivity index (χ1v) is 6.23. The molecule has 2 N–H and O–H groups in total. The van der Waals surface area contributed by atoms with Crippen LogP contribution < -0.4 is 10.5 Å². The molecule has 3 heteroatoms. The Balaban J connectivity index is 2.20. The van der Waals surface area contributed by atoms with E-state index in [9.17, 15) is 0 Å². The van der Waals surface area contributed by atoms with E-state index in [2.05, 4.69) is 18.0 Å². The second kappa shape index (κ2) is 4.42. The van der Waals surface area contributed by atoms with Crippen LogP contribution in [0.3, 0.4) is 0 Å². The molecule has 0 fully saturated rings. The van der Waals surface area contributed by atoms with E-state index in [4.69, 9.17) is 10.5 Å². The summed E-state index contributed by atoms with van der Waals surface area (Å²) in [4.78, 5) is 4.46. The van der Waals surface area contributed by atoms with Crippen LogP contribution in [0.15, 0.2) is 42.6 Å². The van der Waals surface area contributed by atoms with E-state index in [0.717, 1.165) is 17.2 Å². The number of hydrogen-bond donors (Lipinski definition) is 1. The average Bonchev–Trinajstić information content (AvgIpc) is 2.53. The lowest BCUT2D eigenvalue weighted by Crippen LogP contribution is -2.18. The first kappa shape index (κ1) is 11.2. The number of hydrogen-bond acceptors (Lipinski definition) is 3. The summed E-state index contributed by atoms with van der Waals surface area (Å²) >= 11 is 0. The third kappa shape index (κ3) is 1.68. The van der Waals surface area contributed by atoms with E-state index in [1.807, 2.05) is 30.3 Å². The van der Waals surface area contributed by atoms with Gasteiger partial charge in [0, 0.05) is 18.7 Å². The van der Waals surface area contributed by atoms with Gasteiger partial charge in [-0.2, -0.15) is 0 Å². The standard InChI is InChI=1S/C15H16N2O/c1-10-11-5-2-3-6-13(11)18-14-7-4-8-17-15(14)12(10)9-16/h2-8,10,12H,9,16H2,1H3/t10-,12?/m1/s1. The van der Waals surface area contributed by atoms with Gasteiger partial charge in [0.25, 0.3) is 0 Å². The Hall–Kier alpha value is -1.87. The molecule has 0 aliphatic carbocycles. The lowest BCUT2D eigenvalue weighted by Gasteiger charge is -2.20. The van der Waals surface area contributed by atoms with E-state index in [1.54, 1.807) is 6.20 Å². The molecule has 3 rings (SSSR count). The Bertz CT molecular complexity index is 568. The minimum absolute atomic E-state index is 0.199. The van der Waals surface area contributed by atoms with Crippen LogP contribution in [0.25, 0.3) is 0 Å². The zero-order chi connectivity index (χ0) is 12.5. The van der Waals surface area contributed by atoms with Crippen LogP contribution in [0.5, 0.6) is 11.5 Å². The minimum atomic E-state index is 0.199. The molecule has 2 aromatic rings. The normalized spacial score (nSPS) is 21.4. The maximum Gasteiger partial charge on any atom is 0.149 e. The molecule has 1 aromatic carbocycles. The van der Waals surface area contributed by atoms with Gasteiger partial charge >= 0.3 is 0 Å². The van der Waals surface area contributed by atoms with Gasteiger partial charge in [-0.05, 0) is 29.7 Å². The highest BCUT2D eigenvalue weighted by atomic mass is 16.5. The van der Waals surface area contributed by atoms with Crippen molar-refractivity contribution in [2.45, 2.75) is 18.8 Å². The average molecular weight is 240 g/mol. The Morgan fingerprint density at radius 2 is 1.94 bits per heavy atom. The molecule has 92 valence electrons. The van der Waals surface area contributed by atoms with Gasteiger partial charge in [-0.15, -0.1) is 0 Å². The van der Waals surface area contributed by atoms with Crippen LogP contribution in [0.4, 0.5) is 0 Å². The summed E-state index contributed by atoms with van der Waals surface area (Å²) in [6, 6.07) is 12.0. The number of ether oxygens (including phenoxy) is 1.